The molecule has 1 fully saturated rings. The molecule has 2 aromatic heterocycles. The zero-order valence-electron chi connectivity index (χ0n) is 12.1. The van der Waals surface area contributed by atoms with Gasteiger partial charge in [-0.2, -0.15) is 0 Å². The van der Waals surface area contributed by atoms with Gasteiger partial charge < -0.3 is 14.2 Å². The first-order chi connectivity index (χ1) is 9.61. The first-order valence-corrected chi connectivity index (χ1v) is 6.97. The van der Waals surface area contributed by atoms with Crippen molar-refractivity contribution < 1.29 is 8.83 Å². The molecule has 0 saturated carbocycles. The maximum Gasteiger partial charge on any atom is 0.251 e. The van der Waals surface area contributed by atoms with Crippen LogP contribution >= 0.6 is 0 Å². The van der Waals surface area contributed by atoms with Crippen molar-refractivity contribution in [1.82, 2.24) is 20.4 Å². The number of aryl methyl sites for hydroxylation is 2. The van der Waals surface area contributed by atoms with Crippen LogP contribution in [0, 0.1) is 13.8 Å². The Labute approximate surface area is 118 Å². The van der Waals surface area contributed by atoms with Gasteiger partial charge in [-0.05, 0) is 26.8 Å². The van der Waals surface area contributed by atoms with Crippen LogP contribution in [-0.2, 0) is 6.54 Å². The Balaban J connectivity index is 1.72. The number of aromatic nitrogens is 2. The third kappa shape index (κ3) is 2.76. The lowest BCUT2D eigenvalue weighted by Gasteiger charge is -2.30. The van der Waals surface area contributed by atoms with Crippen LogP contribution in [0.15, 0.2) is 14.9 Å². The third-order valence-electron chi connectivity index (χ3n) is 3.55. The molecule has 2 aromatic rings. The van der Waals surface area contributed by atoms with Crippen molar-refractivity contribution >= 4 is 0 Å². The first kappa shape index (κ1) is 13.3. The van der Waals surface area contributed by atoms with E-state index in [-0.39, 0.29) is 0 Å². The number of nitrogens with zero attached hydrogens (tertiary/aromatic N) is 3. The SMILES string of the molecule is Cc1cc(-c2nnc(CN3CCN[C@H](C)C3)o2)c(C)o1. The molecule has 0 radical (unpaired) electrons. The van der Waals surface area contributed by atoms with E-state index in [0.29, 0.717) is 24.4 Å². The number of hydrogen-bond donors (Lipinski definition) is 1. The van der Waals surface area contributed by atoms with E-state index >= 15 is 0 Å². The van der Waals surface area contributed by atoms with Gasteiger partial charge in [-0.3, -0.25) is 4.90 Å². The first-order valence-electron chi connectivity index (χ1n) is 6.97. The molecule has 1 atom stereocenters. The molecule has 3 rings (SSSR count). The molecule has 108 valence electrons. The van der Waals surface area contributed by atoms with Crippen LogP contribution in [0.5, 0.6) is 0 Å². The molecule has 0 unspecified atom stereocenters. The van der Waals surface area contributed by atoms with Crippen LogP contribution in [0.1, 0.15) is 24.3 Å². The summed E-state index contributed by atoms with van der Waals surface area (Å²) in [4.78, 5) is 2.33. The average molecular weight is 276 g/mol. The van der Waals surface area contributed by atoms with Crippen LogP contribution < -0.4 is 5.32 Å². The van der Waals surface area contributed by atoms with Gasteiger partial charge in [-0.1, -0.05) is 0 Å². The third-order valence-corrected chi connectivity index (χ3v) is 3.55. The second-order valence-electron chi connectivity index (χ2n) is 5.42. The summed E-state index contributed by atoms with van der Waals surface area (Å²) in [7, 11) is 0. The van der Waals surface area contributed by atoms with E-state index in [1.807, 2.05) is 19.9 Å². The molecule has 0 aliphatic carbocycles. The minimum Gasteiger partial charge on any atom is -0.466 e. The van der Waals surface area contributed by atoms with Gasteiger partial charge in [0, 0.05) is 25.7 Å². The van der Waals surface area contributed by atoms with Crippen LogP contribution in [0.2, 0.25) is 0 Å². The Morgan fingerprint density at radius 2 is 2.20 bits per heavy atom. The molecule has 1 saturated heterocycles. The lowest BCUT2D eigenvalue weighted by atomic mass is 10.2. The van der Waals surface area contributed by atoms with E-state index in [2.05, 4.69) is 27.3 Å². The molecule has 6 heteroatoms. The van der Waals surface area contributed by atoms with Crippen molar-refractivity contribution in [2.45, 2.75) is 33.4 Å². The lowest BCUT2D eigenvalue weighted by Crippen LogP contribution is -2.48. The van der Waals surface area contributed by atoms with Gasteiger partial charge in [0.1, 0.15) is 11.5 Å². The van der Waals surface area contributed by atoms with E-state index < -0.39 is 0 Å². The second kappa shape index (κ2) is 5.38. The number of furan rings is 1. The smallest absolute Gasteiger partial charge is 0.251 e. The highest BCUT2D eigenvalue weighted by Gasteiger charge is 2.19. The average Bonchev–Trinajstić information content (AvgIpc) is 2.96. The van der Waals surface area contributed by atoms with Crippen LogP contribution in [0.4, 0.5) is 0 Å². The molecular formula is C14H20N4O2. The zero-order valence-corrected chi connectivity index (χ0v) is 12.1. The highest BCUT2D eigenvalue weighted by molar-refractivity contribution is 5.55. The van der Waals surface area contributed by atoms with E-state index in [4.69, 9.17) is 8.83 Å². The van der Waals surface area contributed by atoms with Crippen molar-refractivity contribution in [2.75, 3.05) is 19.6 Å². The Morgan fingerprint density at radius 3 is 2.90 bits per heavy atom. The standard InChI is InChI=1S/C14H20N4O2/c1-9-7-18(5-4-15-9)8-13-16-17-14(20-13)12-6-10(2)19-11(12)3/h6,9,15H,4-5,7-8H2,1-3H3/t9-/m1/s1. The summed E-state index contributed by atoms with van der Waals surface area (Å²) >= 11 is 0. The topological polar surface area (TPSA) is 67.3 Å². The highest BCUT2D eigenvalue weighted by Crippen LogP contribution is 2.25. The normalized spacial score (nSPS) is 20.4. The Hall–Kier alpha value is -1.66. The fourth-order valence-corrected chi connectivity index (χ4v) is 2.62. The van der Waals surface area contributed by atoms with Gasteiger partial charge >= 0.3 is 0 Å². The van der Waals surface area contributed by atoms with Crippen molar-refractivity contribution in [1.29, 1.82) is 0 Å². The molecule has 1 N–H and O–H groups in total. The summed E-state index contributed by atoms with van der Waals surface area (Å²) in [5.74, 6) is 2.87. The minimum atomic E-state index is 0.505. The number of piperazine rings is 1. The summed E-state index contributed by atoms with van der Waals surface area (Å²) in [5, 5.41) is 11.7. The summed E-state index contributed by atoms with van der Waals surface area (Å²) in [6.07, 6.45) is 0. The van der Waals surface area contributed by atoms with Crippen LogP contribution in [0.25, 0.3) is 11.5 Å². The number of rotatable bonds is 3. The van der Waals surface area contributed by atoms with E-state index in [9.17, 15) is 0 Å². The summed E-state index contributed by atoms with van der Waals surface area (Å²) < 4.78 is 11.3. The summed E-state index contributed by atoms with van der Waals surface area (Å²) in [5.41, 5.74) is 0.884. The fourth-order valence-electron chi connectivity index (χ4n) is 2.62. The largest absolute Gasteiger partial charge is 0.466 e. The predicted octanol–water partition coefficient (Wildman–Crippen LogP) is 1.74. The molecule has 0 amide bonds. The molecule has 1 aliphatic rings. The van der Waals surface area contributed by atoms with Crippen LogP contribution in [0.3, 0.4) is 0 Å². The highest BCUT2D eigenvalue weighted by atomic mass is 16.4. The van der Waals surface area contributed by atoms with Crippen molar-refractivity contribution in [2.24, 2.45) is 0 Å². The minimum absolute atomic E-state index is 0.505. The van der Waals surface area contributed by atoms with Crippen LogP contribution in [-0.4, -0.2) is 40.8 Å². The molecular weight excluding hydrogens is 256 g/mol. The molecule has 3 heterocycles. The monoisotopic (exact) mass is 276 g/mol. The quantitative estimate of drug-likeness (QED) is 0.921. The number of nitrogens with one attached hydrogen (secondary N) is 1. The maximum atomic E-state index is 5.76. The molecule has 0 bridgehead atoms. The van der Waals surface area contributed by atoms with E-state index in [0.717, 1.165) is 36.7 Å². The molecule has 0 aromatic carbocycles. The van der Waals surface area contributed by atoms with Gasteiger partial charge in [0.05, 0.1) is 12.1 Å². The number of hydrogen-bond acceptors (Lipinski definition) is 6. The summed E-state index contributed by atoms with van der Waals surface area (Å²) in [6.45, 7) is 9.72. The predicted molar refractivity (Wildman–Crippen MR) is 74.2 cm³/mol. The Kier molecular flexibility index (Phi) is 3.58. The molecule has 6 nitrogen and oxygen atoms in total. The maximum absolute atomic E-state index is 5.76. The van der Waals surface area contributed by atoms with Crippen molar-refractivity contribution in [3.8, 4) is 11.5 Å². The Bertz CT molecular complexity index is 590. The van der Waals surface area contributed by atoms with Crippen molar-refractivity contribution in [3.63, 3.8) is 0 Å². The lowest BCUT2D eigenvalue weighted by molar-refractivity contribution is 0.184. The molecule has 1 aliphatic heterocycles. The zero-order chi connectivity index (χ0) is 14.1. The Morgan fingerprint density at radius 1 is 1.35 bits per heavy atom. The fraction of sp³-hybridized carbons (Fsp3) is 0.571. The van der Waals surface area contributed by atoms with Gasteiger partial charge in [-0.15, -0.1) is 10.2 Å². The summed E-state index contributed by atoms with van der Waals surface area (Å²) in [6, 6.07) is 2.43. The van der Waals surface area contributed by atoms with Gasteiger partial charge in [0.25, 0.3) is 5.89 Å². The van der Waals surface area contributed by atoms with Gasteiger partial charge in [0.15, 0.2) is 0 Å². The molecule has 0 spiro atoms. The van der Waals surface area contributed by atoms with Crippen molar-refractivity contribution in [3.05, 3.63) is 23.5 Å². The van der Waals surface area contributed by atoms with Gasteiger partial charge in [0.2, 0.25) is 5.89 Å². The molecule has 20 heavy (non-hydrogen) atoms. The van der Waals surface area contributed by atoms with E-state index in [1.165, 1.54) is 0 Å². The second-order valence-corrected chi connectivity index (χ2v) is 5.42. The van der Waals surface area contributed by atoms with Gasteiger partial charge in [-0.25, -0.2) is 0 Å². The van der Waals surface area contributed by atoms with E-state index in [1.54, 1.807) is 0 Å².